The van der Waals surface area contributed by atoms with Gasteiger partial charge < -0.3 is 10.2 Å². The van der Waals surface area contributed by atoms with E-state index in [1.165, 1.54) is 4.68 Å². The van der Waals surface area contributed by atoms with Gasteiger partial charge in [0.1, 0.15) is 5.69 Å². The van der Waals surface area contributed by atoms with Crippen LogP contribution in [0.25, 0.3) is 5.69 Å². The van der Waals surface area contributed by atoms with Gasteiger partial charge in [-0.05, 0) is 53.3 Å². The van der Waals surface area contributed by atoms with Crippen molar-refractivity contribution >= 4 is 34.5 Å². The second-order valence-electron chi connectivity index (χ2n) is 5.08. The fourth-order valence-electron chi connectivity index (χ4n) is 2.41. The van der Waals surface area contributed by atoms with E-state index in [2.05, 4.69) is 27.7 Å². The SMILES string of the molecule is CCc1c(CC(=O)O)c(=O)c(CC(=O)O)nn1-c1ccc(I)cc1. The Bertz CT molecular complexity index is 843. The maximum Gasteiger partial charge on any atom is 0.309 e. The molecule has 0 aliphatic carbocycles. The van der Waals surface area contributed by atoms with Gasteiger partial charge in [0.25, 0.3) is 0 Å². The van der Waals surface area contributed by atoms with Crippen molar-refractivity contribution < 1.29 is 19.8 Å². The Balaban J connectivity index is 2.76. The Morgan fingerprint density at radius 2 is 1.71 bits per heavy atom. The number of aliphatic carboxylic acids is 2. The molecule has 8 heteroatoms. The summed E-state index contributed by atoms with van der Waals surface area (Å²) in [6, 6.07) is 7.27. The molecular weight excluding hydrogens is 427 g/mol. The third-order valence-corrected chi connectivity index (χ3v) is 4.13. The van der Waals surface area contributed by atoms with E-state index in [1.807, 2.05) is 12.1 Å². The molecule has 1 heterocycles. The van der Waals surface area contributed by atoms with E-state index >= 15 is 0 Å². The summed E-state index contributed by atoms with van der Waals surface area (Å²) >= 11 is 2.15. The number of carboxylic acid groups (broad SMARTS) is 2. The summed E-state index contributed by atoms with van der Waals surface area (Å²) in [5.41, 5.74) is 0.408. The third kappa shape index (κ3) is 3.99. The first-order valence-electron chi connectivity index (χ1n) is 7.17. The van der Waals surface area contributed by atoms with Gasteiger partial charge in [0, 0.05) is 9.13 Å². The van der Waals surface area contributed by atoms with Gasteiger partial charge in [0.05, 0.1) is 24.2 Å². The van der Waals surface area contributed by atoms with E-state index in [9.17, 15) is 14.4 Å². The molecule has 0 aliphatic rings. The summed E-state index contributed by atoms with van der Waals surface area (Å²) in [4.78, 5) is 34.6. The van der Waals surface area contributed by atoms with Crippen molar-refractivity contribution in [3.05, 3.63) is 55.0 Å². The molecule has 0 radical (unpaired) electrons. The fraction of sp³-hybridized carbons (Fsp3) is 0.250. The van der Waals surface area contributed by atoms with E-state index in [1.54, 1.807) is 19.1 Å². The molecule has 24 heavy (non-hydrogen) atoms. The number of halogens is 1. The first kappa shape index (κ1) is 18.1. The monoisotopic (exact) mass is 442 g/mol. The van der Waals surface area contributed by atoms with Crippen LogP contribution in [0, 0.1) is 3.57 Å². The third-order valence-electron chi connectivity index (χ3n) is 3.41. The quantitative estimate of drug-likeness (QED) is 0.659. The minimum absolute atomic E-state index is 0.0785. The number of hydrogen-bond donors (Lipinski definition) is 2. The lowest BCUT2D eigenvalue weighted by atomic mass is 10.1. The van der Waals surface area contributed by atoms with Crippen LogP contribution in [0.5, 0.6) is 0 Å². The van der Waals surface area contributed by atoms with Crippen molar-refractivity contribution in [2.75, 3.05) is 0 Å². The number of nitrogens with zero attached hydrogens (tertiary/aromatic N) is 2. The van der Waals surface area contributed by atoms with Crippen molar-refractivity contribution in [2.45, 2.75) is 26.2 Å². The lowest BCUT2D eigenvalue weighted by molar-refractivity contribution is -0.137. The normalized spacial score (nSPS) is 10.6. The lowest BCUT2D eigenvalue weighted by Crippen LogP contribution is -2.28. The van der Waals surface area contributed by atoms with Gasteiger partial charge in [-0.1, -0.05) is 6.92 Å². The molecule has 0 saturated carbocycles. The van der Waals surface area contributed by atoms with Crippen LogP contribution >= 0.6 is 22.6 Å². The molecule has 0 fully saturated rings. The minimum atomic E-state index is -1.20. The highest BCUT2D eigenvalue weighted by Gasteiger charge is 2.20. The van der Waals surface area contributed by atoms with Crippen molar-refractivity contribution in [3.8, 4) is 5.69 Å². The summed E-state index contributed by atoms with van der Waals surface area (Å²) < 4.78 is 2.47. The van der Waals surface area contributed by atoms with E-state index in [0.717, 1.165) is 3.57 Å². The number of carbonyl (C=O) groups is 2. The molecule has 0 bridgehead atoms. The molecule has 1 aromatic carbocycles. The fourth-order valence-corrected chi connectivity index (χ4v) is 2.77. The Morgan fingerprint density at radius 1 is 1.12 bits per heavy atom. The number of benzene rings is 1. The summed E-state index contributed by atoms with van der Waals surface area (Å²) in [6.45, 7) is 1.79. The number of carboxylic acids is 2. The van der Waals surface area contributed by atoms with Crippen LogP contribution in [0.4, 0.5) is 0 Å². The molecule has 0 unspecified atom stereocenters. The van der Waals surface area contributed by atoms with E-state index in [-0.39, 0.29) is 11.3 Å². The van der Waals surface area contributed by atoms with Crippen LogP contribution in [0.3, 0.4) is 0 Å². The summed E-state index contributed by atoms with van der Waals surface area (Å²) in [7, 11) is 0. The van der Waals surface area contributed by atoms with Gasteiger partial charge in [-0.25, -0.2) is 4.68 Å². The van der Waals surface area contributed by atoms with Gasteiger partial charge in [-0.3, -0.25) is 14.4 Å². The second kappa shape index (κ2) is 7.56. The van der Waals surface area contributed by atoms with Crippen LogP contribution in [0.2, 0.25) is 0 Å². The molecular formula is C16H15IN2O5. The minimum Gasteiger partial charge on any atom is -0.481 e. The summed E-state index contributed by atoms with van der Waals surface area (Å²) in [6.07, 6.45) is -0.633. The number of rotatable bonds is 6. The van der Waals surface area contributed by atoms with Crippen LogP contribution in [-0.2, 0) is 28.9 Å². The van der Waals surface area contributed by atoms with Crippen molar-refractivity contribution in [2.24, 2.45) is 0 Å². The Kier molecular flexibility index (Phi) is 5.71. The molecule has 126 valence electrons. The zero-order valence-corrected chi connectivity index (χ0v) is 15.0. The van der Waals surface area contributed by atoms with Crippen molar-refractivity contribution in [1.29, 1.82) is 0 Å². The highest BCUT2D eigenvalue weighted by atomic mass is 127. The van der Waals surface area contributed by atoms with E-state index in [0.29, 0.717) is 17.8 Å². The van der Waals surface area contributed by atoms with Crippen LogP contribution in [0.1, 0.15) is 23.9 Å². The maximum absolute atomic E-state index is 12.5. The Morgan fingerprint density at radius 3 is 2.21 bits per heavy atom. The molecule has 0 saturated heterocycles. The molecule has 2 aromatic rings. The topological polar surface area (TPSA) is 109 Å². The van der Waals surface area contributed by atoms with Gasteiger partial charge in [0.15, 0.2) is 0 Å². The molecule has 2 rings (SSSR count). The zero-order valence-electron chi connectivity index (χ0n) is 12.8. The Hall–Kier alpha value is -2.23. The van der Waals surface area contributed by atoms with Crippen LogP contribution in [0.15, 0.2) is 29.1 Å². The molecule has 0 atom stereocenters. The highest BCUT2D eigenvalue weighted by molar-refractivity contribution is 14.1. The molecule has 7 nitrogen and oxygen atoms in total. The average molecular weight is 442 g/mol. The predicted molar refractivity (Wildman–Crippen MR) is 94.6 cm³/mol. The van der Waals surface area contributed by atoms with E-state index < -0.39 is 30.2 Å². The molecule has 0 spiro atoms. The molecule has 0 amide bonds. The van der Waals surface area contributed by atoms with Crippen LogP contribution in [-0.4, -0.2) is 31.9 Å². The van der Waals surface area contributed by atoms with Crippen LogP contribution < -0.4 is 5.43 Å². The second-order valence-corrected chi connectivity index (χ2v) is 6.33. The predicted octanol–water partition coefficient (Wildman–Crippen LogP) is 1.65. The standard InChI is InChI=1S/C16H15IN2O5/c1-2-13-11(7-14(20)21)16(24)12(8-15(22)23)18-19(13)10-5-3-9(17)4-6-10/h3-6H,2,7-8H2,1H3,(H,20,21)(H,22,23). The van der Waals surface area contributed by atoms with Gasteiger partial charge in [-0.15, -0.1) is 0 Å². The Labute approximate surface area is 151 Å². The van der Waals surface area contributed by atoms with Gasteiger partial charge in [0.2, 0.25) is 5.43 Å². The first-order chi connectivity index (χ1) is 11.3. The van der Waals surface area contributed by atoms with Crippen molar-refractivity contribution in [1.82, 2.24) is 9.78 Å². The van der Waals surface area contributed by atoms with Crippen molar-refractivity contribution in [3.63, 3.8) is 0 Å². The zero-order chi connectivity index (χ0) is 17.9. The largest absolute Gasteiger partial charge is 0.481 e. The summed E-state index contributed by atoms with van der Waals surface area (Å²) in [5.74, 6) is -2.34. The van der Waals surface area contributed by atoms with E-state index in [4.69, 9.17) is 10.2 Å². The molecule has 2 N–H and O–H groups in total. The smallest absolute Gasteiger partial charge is 0.309 e. The lowest BCUT2D eigenvalue weighted by Gasteiger charge is -2.16. The number of hydrogen-bond acceptors (Lipinski definition) is 4. The maximum atomic E-state index is 12.5. The first-order valence-corrected chi connectivity index (χ1v) is 8.24. The molecule has 1 aromatic heterocycles. The average Bonchev–Trinajstić information content (AvgIpc) is 2.51. The molecule has 0 aliphatic heterocycles. The van der Waals surface area contributed by atoms with Gasteiger partial charge >= 0.3 is 11.9 Å². The summed E-state index contributed by atoms with van der Waals surface area (Å²) in [5, 5.41) is 22.3. The highest BCUT2D eigenvalue weighted by Crippen LogP contribution is 2.16. The number of aromatic nitrogens is 2. The van der Waals surface area contributed by atoms with Gasteiger partial charge in [-0.2, -0.15) is 5.10 Å².